The minimum atomic E-state index is -3.55. The third-order valence-electron chi connectivity index (χ3n) is 5.95. The minimum Gasteiger partial charge on any atom is -0.338 e. The standard InChI is InChI=1S/C21H27N3O4S/c1-2-16-7-5-6-14-24(16)29(26,27)17-12-10-15(11-13-17)20(25)22-21-18-8-3-4-9-19(18)23-28-21/h10-13,16H,2-9,14H2,1H3,(H,22,25). The zero-order valence-corrected chi connectivity index (χ0v) is 17.5. The highest BCUT2D eigenvalue weighted by molar-refractivity contribution is 7.89. The summed E-state index contributed by atoms with van der Waals surface area (Å²) in [6, 6.07) is 6.18. The molecule has 156 valence electrons. The van der Waals surface area contributed by atoms with Crippen molar-refractivity contribution >= 4 is 21.8 Å². The number of piperidine rings is 1. The van der Waals surface area contributed by atoms with Gasteiger partial charge >= 0.3 is 0 Å². The summed E-state index contributed by atoms with van der Waals surface area (Å²) < 4.78 is 33.0. The normalized spacial score (nSPS) is 20.2. The topological polar surface area (TPSA) is 92.5 Å². The number of aryl methyl sites for hydroxylation is 1. The van der Waals surface area contributed by atoms with Crippen LogP contribution in [0.5, 0.6) is 0 Å². The highest BCUT2D eigenvalue weighted by Crippen LogP contribution is 2.29. The van der Waals surface area contributed by atoms with E-state index < -0.39 is 10.0 Å². The maximum absolute atomic E-state index is 13.1. The van der Waals surface area contributed by atoms with Crippen LogP contribution >= 0.6 is 0 Å². The minimum absolute atomic E-state index is 0.0503. The molecule has 1 aliphatic heterocycles. The third kappa shape index (κ3) is 3.96. The second kappa shape index (κ2) is 8.28. The summed E-state index contributed by atoms with van der Waals surface area (Å²) >= 11 is 0. The van der Waals surface area contributed by atoms with Gasteiger partial charge in [-0.05, 0) is 69.2 Å². The third-order valence-corrected chi connectivity index (χ3v) is 7.92. The Bertz CT molecular complexity index is 982. The van der Waals surface area contributed by atoms with Crippen molar-refractivity contribution in [3.8, 4) is 0 Å². The molecular formula is C21H27N3O4S. The van der Waals surface area contributed by atoms with Gasteiger partial charge in [0.15, 0.2) is 0 Å². The molecule has 29 heavy (non-hydrogen) atoms. The molecule has 7 nitrogen and oxygen atoms in total. The Morgan fingerprint density at radius 2 is 1.93 bits per heavy atom. The van der Waals surface area contributed by atoms with E-state index in [2.05, 4.69) is 10.5 Å². The average molecular weight is 418 g/mol. The van der Waals surface area contributed by atoms with Gasteiger partial charge in [-0.1, -0.05) is 18.5 Å². The van der Waals surface area contributed by atoms with Gasteiger partial charge in [0, 0.05) is 23.7 Å². The average Bonchev–Trinajstić information content (AvgIpc) is 3.16. The van der Waals surface area contributed by atoms with Gasteiger partial charge in [0.1, 0.15) is 0 Å². The molecule has 8 heteroatoms. The monoisotopic (exact) mass is 417 g/mol. The Morgan fingerprint density at radius 3 is 2.69 bits per heavy atom. The number of rotatable bonds is 5. The van der Waals surface area contributed by atoms with Gasteiger partial charge in [0.25, 0.3) is 5.91 Å². The first kappa shape index (κ1) is 20.1. The zero-order chi connectivity index (χ0) is 20.4. The van der Waals surface area contributed by atoms with Crippen molar-refractivity contribution in [1.29, 1.82) is 0 Å². The number of fused-ring (bicyclic) bond motifs is 1. The van der Waals surface area contributed by atoms with Crippen molar-refractivity contribution < 1.29 is 17.7 Å². The van der Waals surface area contributed by atoms with Gasteiger partial charge in [0.2, 0.25) is 15.9 Å². The zero-order valence-electron chi connectivity index (χ0n) is 16.7. The first-order valence-electron chi connectivity index (χ1n) is 10.4. The molecule has 2 heterocycles. The molecule has 1 N–H and O–H groups in total. The van der Waals surface area contributed by atoms with Crippen LogP contribution in [0.25, 0.3) is 0 Å². The molecule has 2 aromatic rings. The Hall–Kier alpha value is -2.19. The van der Waals surface area contributed by atoms with Gasteiger partial charge in [-0.2, -0.15) is 4.31 Å². The number of aromatic nitrogens is 1. The summed E-state index contributed by atoms with van der Waals surface area (Å²) in [7, 11) is -3.55. The summed E-state index contributed by atoms with van der Waals surface area (Å²) in [5, 5.41) is 6.82. The second-order valence-electron chi connectivity index (χ2n) is 7.80. The Balaban J connectivity index is 1.50. The van der Waals surface area contributed by atoms with Crippen LogP contribution in [0, 0.1) is 0 Å². The molecule has 1 unspecified atom stereocenters. The van der Waals surface area contributed by atoms with Crippen LogP contribution in [-0.4, -0.2) is 36.4 Å². The van der Waals surface area contributed by atoms with E-state index in [1.807, 2.05) is 6.92 Å². The number of amides is 1. The molecule has 2 aliphatic rings. The molecule has 0 spiro atoms. The Morgan fingerprint density at radius 1 is 1.17 bits per heavy atom. The molecule has 1 saturated heterocycles. The molecule has 1 amide bonds. The maximum Gasteiger partial charge on any atom is 0.258 e. The van der Waals surface area contributed by atoms with Gasteiger partial charge in [0.05, 0.1) is 10.6 Å². The summed E-state index contributed by atoms with van der Waals surface area (Å²) in [6.45, 7) is 2.58. The Labute approximate surface area is 171 Å². The molecule has 1 aromatic heterocycles. The Kier molecular flexibility index (Phi) is 5.74. The second-order valence-corrected chi connectivity index (χ2v) is 9.69. The molecule has 1 aliphatic carbocycles. The maximum atomic E-state index is 13.1. The largest absolute Gasteiger partial charge is 0.338 e. The molecule has 0 saturated carbocycles. The van der Waals surface area contributed by atoms with Gasteiger partial charge < -0.3 is 4.52 Å². The number of hydrogen-bond donors (Lipinski definition) is 1. The number of benzene rings is 1. The predicted octanol–water partition coefficient (Wildman–Crippen LogP) is 3.76. The van der Waals surface area contributed by atoms with Crippen LogP contribution < -0.4 is 5.32 Å². The fourth-order valence-electron chi connectivity index (χ4n) is 4.28. The number of sulfonamides is 1. The van der Waals surface area contributed by atoms with E-state index in [-0.39, 0.29) is 16.8 Å². The summed E-state index contributed by atoms with van der Waals surface area (Å²) in [6.07, 6.45) is 7.51. The van der Waals surface area contributed by atoms with Gasteiger partial charge in [-0.3, -0.25) is 10.1 Å². The highest BCUT2D eigenvalue weighted by Gasteiger charge is 2.32. The van der Waals surface area contributed by atoms with Gasteiger partial charge in [-0.15, -0.1) is 0 Å². The molecule has 0 radical (unpaired) electrons. The van der Waals surface area contributed by atoms with E-state index in [1.165, 1.54) is 12.1 Å². The SMILES string of the molecule is CCC1CCCCN1S(=O)(=O)c1ccc(C(=O)Nc2onc3c2CCCC3)cc1. The molecule has 4 rings (SSSR count). The van der Waals surface area contributed by atoms with E-state index in [1.54, 1.807) is 16.4 Å². The van der Waals surface area contributed by atoms with Crippen molar-refractivity contribution in [1.82, 2.24) is 9.46 Å². The summed E-state index contributed by atoms with van der Waals surface area (Å²) in [4.78, 5) is 12.8. The van der Waals surface area contributed by atoms with Crippen LogP contribution in [-0.2, 0) is 22.9 Å². The molecule has 0 bridgehead atoms. The first-order valence-corrected chi connectivity index (χ1v) is 11.9. The van der Waals surface area contributed by atoms with Crippen LogP contribution in [0.15, 0.2) is 33.7 Å². The van der Waals surface area contributed by atoms with Gasteiger partial charge in [-0.25, -0.2) is 8.42 Å². The number of anilines is 1. The van der Waals surface area contributed by atoms with Crippen LogP contribution in [0.2, 0.25) is 0 Å². The highest BCUT2D eigenvalue weighted by atomic mass is 32.2. The predicted molar refractivity (Wildman–Crippen MR) is 109 cm³/mol. The quantitative estimate of drug-likeness (QED) is 0.800. The lowest BCUT2D eigenvalue weighted by atomic mass is 9.97. The number of carbonyl (C=O) groups is 1. The molecule has 1 aromatic carbocycles. The molecular weight excluding hydrogens is 390 g/mol. The van der Waals surface area contributed by atoms with E-state index in [9.17, 15) is 13.2 Å². The first-order chi connectivity index (χ1) is 14.0. The number of carbonyl (C=O) groups excluding carboxylic acids is 1. The lowest BCUT2D eigenvalue weighted by Gasteiger charge is -2.34. The van der Waals surface area contributed by atoms with Crippen LogP contribution in [0.1, 0.15) is 67.1 Å². The molecule has 1 fully saturated rings. The fraction of sp³-hybridized carbons (Fsp3) is 0.524. The van der Waals surface area contributed by atoms with E-state index in [0.29, 0.717) is 18.0 Å². The van der Waals surface area contributed by atoms with Crippen LogP contribution in [0.4, 0.5) is 5.88 Å². The van der Waals surface area contributed by atoms with Crippen molar-refractivity contribution in [3.63, 3.8) is 0 Å². The van der Waals surface area contributed by atoms with Crippen molar-refractivity contribution in [2.45, 2.75) is 69.2 Å². The van der Waals surface area contributed by atoms with Crippen LogP contribution in [0.3, 0.4) is 0 Å². The summed E-state index contributed by atoms with van der Waals surface area (Å²) in [5.41, 5.74) is 2.27. The number of nitrogens with zero attached hydrogens (tertiary/aromatic N) is 2. The van der Waals surface area contributed by atoms with E-state index >= 15 is 0 Å². The number of hydrogen-bond acceptors (Lipinski definition) is 5. The molecule has 1 atom stereocenters. The number of nitrogens with one attached hydrogen (secondary N) is 1. The van der Waals surface area contributed by atoms with Crippen molar-refractivity contribution in [3.05, 3.63) is 41.1 Å². The lowest BCUT2D eigenvalue weighted by Crippen LogP contribution is -2.43. The fourth-order valence-corrected chi connectivity index (χ4v) is 6.04. The van der Waals surface area contributed by atoms with E-state index in [4.69, 9.17) is 4.52 Å². The van der Waals surface area contributed by atoms with Crippen molar-refractivity contribution in [2.75, 3.05) is 11.9 Å². The summed E-state index contributed by atoms with van der Waals surface area (Å²) in [5.74, 6) is 0.0726. The van der Waals surface area contributed by atoms with Crippen molar-refractivity contribution in [2.24, 2.45) is 0 Å². The smallest absolute Gasteiger partial charge is 0.258 e. The van der Waals surface area contributed by atoms with E-state index in [0.717, 1.165) is 62.6 Å². The lowest BCUT2D eigenvalue weighted by molar-refractivity contribution is 0.102.